The Morgan fingerprint density at radius 2 is 0.877 bits per heavy atom. The molecule has 428 valence electrons. The van der Waals surface area contributed by atoms with E-state index in [4.69, 9.17) is 18.9 Å². The van der Waals surface area contributed by atoms with Gasteiger partial charge in [0.25, 0.3) is 0 Å². The number of allylic oxidation sites excluding steroid dienone is 5. The van der Waals surface area contributed by atoms with Gasteiger partial charge in [-0.25, -0.2) is 0 Å². The third-order valence-corrected chi connectivity index (χ3v) is 14.6. The number of unbranched alkanes of at least 4 members (excludes halogenated alkanes) is 30. The second-order valence-corrected chi connectivity index (χ2v) is 21.1. The fourth-order valence-corrected chi connectivity index (χ4v) is 9.74. The maximum Gasteiger partial charge on any atom is 0.220 e. The molecule has 2 saturated heterocycles. The summed E-state index contributed by atoms with van der Waals surface area (Å²) in [5.74, 6) is -0.250. The van der Waals surface area contributed by atoms with Gasteiger partial charge in [0.1, 0.15) is 48.8 Å². The smallest absolute Gasteiger partial charge is 0.220 e. The van der Waals surface area contributed by atoms with Crippen LogP contribution in [0, 0.1) is 0 Å². The predicted molar refractivity (Wildman–Crippen MR) is 291 cm³/mol. The first kappa shape index (κ1) is 67.3. The lowest BCUT2D eigenvalue weighted by atomic mass is 9.97. The summed E-state index contributed by atoms with van der Waals surface area (Å²) in [5, 5.41) is 87.0. The Morgan fingerprint density at radius 3 is 1.34 bits per heavy atom. The molecule has 2 heterocycles. The van der Waals surface area contributed by atoms with Gasteiger partial charge < -0.3 is 65.1 Å². The van der Waals surface area contributed by atoms with Gasteiger partial charge >= 0.3 is 0 Å². The van der Waals surface area contributed by atoms with E-state index in [1.807, 2.05) is 6.08 Å². The summed E-state index contributed by atoms with van der Waals surface area (Å²) in [6.45, 7) is 2.79. The van der Waals surface area contributed by atoms with Gasteiger partial charge in [0.05, 0.1) is 32.0 Å². The van der Waals surface area contributed by atoms with Crippen molar-refractivity contribution in [1.82, 2.24) is 5.32 Å². The van der Waals surface area contributed by atoms with Gasteiger partial charge in [0, 0.05) is 6.42 Å². The van der Waals surface area contributed by atoms with Crippen molar-refractivity contribution in [1.29, 1.82) is 0 Å². The molecule has 73 heavy (non-hydrogen) atoms. The zero-order valence-corrected chi connectivity index (χ0v) is 45.9. The third-order valence-electron chi connectivity index (χ3n) is 14.6. The molecule has 0 aromatic rings. The maximum atomic E-state index is 13.2. The van der Waals surface area contributed by atoms with Crippen molar-refractivity contribution in [2.75, 3.05) is 19.8 Å². The SMILES string of the molecule is CCCCCCCCCCCC/C=C/CC/C=C/CC/C=C/C(O)C(COC1OC(CO)C(OC2OC(CO)C(O)C(O)C2O)C(O)C1O)NC(=O)CCCCCCCCCCCCCCCCCCCCC. The summed E-state index contributed by atoms with van der Waals surface area (Å²) in [4.78, 5) is 13.2. The molecule has 0 aromatic carbocycles. The Kier molecular flexibility index (Phi) is 41.7. The van der Waals surface area contributed by atoms with Crippen molar-refractivity contribution in [3.63, 3.8) is 0 Å². The minimum Gasteiger partial charge on any atom is -0.394 e. The van der Waals surface area contributed by atoms with Gasteiger partial charge in [0.2, 0.25) is 5.91 Å². The van der Waals surface area contributed by atoms with E-state index in [0.29, 0.717) is 12.8 Å². The van der Waals surface area contributed by atoms with Crippen molar-refractivity contribution in [3.8, 4) is 0 Å². The lowest BCUT2D eigenvalue weighted by Gasteiger charge is -2.46. The average molecular weight is 1040 g/mol. The lowest BCUT2D eigenvalue weighted by Crippen LogP contribution is -2.65. The Morgan fingerprint density at radius 1 is 0.479 bits per heavy atom. The summed E-state index contributed by atoms with van der Waals surface area (Å²) in [6.07, 6.45) is 37.5. The van der Waals surface area contributed by atoms with E-state index in [2.05, 4.69) is 43.5 Å². The summed E-state index contributed by atoms with van der Waals surface area (Å²) < 4.78 is 22.8. The van der Waals surface area contributed by atoms with Gasteiger partial charge in [-0.15, -0.1) is 0 Å². The molecule has 0 aliphatic carbocycles. The van der Waals surface area contributed by atoms with Crippen LogP contribution in [0.1, 0.15) is 239 Å². The van der Waals surface area contributed by atoms with E-state index < -0.39 is 86.8 Å². The summed E-state index contributed by atoms with van der Waals surface area (Å²) in [6, 6.07) is -0.935. The average Bonchev–Trinajstić information content (AvgIpc) is 3.39. The number of hydrogen-bond acceptors (Lipinski definition) is 13. The monoisotopic (exact) mass is 1040 g/mol. The highest BCUT2D eigenvalue weighted by Gasteiger charge is 2.51. The highest BCUT2D eigenvalue weighted by molar-refractivity contribution is 5.76. The van der Waals surface area contributed by atoms with Crippen LogP contribution in [0.5, 0.6) is 0 Å². The Labute approximate surface area is 442 Å². The summed E-state index contributed by atoms with van der Waals surface area (Å²) in [7, 11) is 0. The van der Waals surface area contributed by atoms with Gasteiger partial charge in [-0.05, 0) is 44.9 Å². The van der Waals surface area contributed by atoms with Gasteiger partial charge in [-0.3, -0.25) is 4.79 Å². The van der Waals surface area contributed by atoms with Gasteiger partial charge in [0.15, 0.2) is 12.6 Å². The van der Waals surface area contributed by atoms with Crippen LogP contribution < -0.4 is 5.32 Å². The Balaban J connectivity index is 1.80. The lowest BCUT2D eigenvalue weighted by molar-refractivity contribution is -0.359. The number of nitrogens with one attached hydrogen (secondary N) is 1. The van der Waals surface area contributed by atoms with Crippen molar-refractivity contribution in [2.24, 2.45) is 0 Å². The summed E-state index contributed by atoms with van der Waals surface area (Å²) in [5.41, 5.74) is 0. The first-order valence-corrected chi connectivity index (χ1v) is 29.7. The highest BCUT2D eigenvalue weighted by Crippen LogP contribution is 2.30. The quantitative estimate of drug-likeness (QED) is 0.0205. The fraction of sp³-hybridized carbons (Fsp3) is 0.881. The standard InChI is InChI=1S/C59H109NO13/c1-3-5-7-9-11-13-15-17-19-21-23-25-26-28-30-32-34-36-38-40-42-48(63)47(60-51(64)43-41-39-37-35-33-31-29-27-24-22-20-18-16-14-12-10-8-6-4-2)46-70-58-56(69)54(67)57(50(45-62)72-58)73-59-55(68)53(66)52(65)49(44-61)71-59/h25-26,32,34,40,42,47-50,52-59,61-63,65-69H,3-24,27-31,33,35-39,41,43-46H2,1-2H3,(H,60,64)/b26-25+,34-32+,42-40+. The van der Waals surface area contributed by atoms with E-state index >= 15 is 0 Å². The molecule has 2 aliphatic heterocycles. The number of carbonyl (C=O) groups excluding carboxylic acids is 1. The molecule has 2 fully saturated rings. The molecule has 2 aliphatic rings. The highest BCUT2D eigenvalue weighted by atomic mass is 16.7. The van der Waals surface area contributed by atoms with Crippen LogP contribution in [-0.2, 0) is 23.7 Å². The minimum atomic E-state index is -1.79. The van der Waals surface area contributed by atoms with Crippen LogP contribution in [-0.4, -0.2) is 140 Å². The van der Waals surface area contributed by atoms with Crippen LogP contribution in [0.25, 0.3) is 0 Å². The van der Waals surface area contributed by atoms with Crippen LogP contribution >= 0.6 is 0 Å². The largest absolute Gasteiger partial charge is 0.394 e. The molecule has 0 aromatic heterocycles. The topological polar surface area (TPSA) is 228 Å². The van der Waals surface area contributed by atoms with Crippen molar-refractivity contribution in [3.05, 3.63) is 36.5 Å². The van der Waals surface area contributed by atoms with Crippen LogP contribution in [0.3, 0.4) is 0 Å². The molecule has 2 rings (SSSR count). The number of rotatable bonds is 47. The minimum absolute atomic E-state index is 0.250. The van der Waals surface area contributed by atoms with Gasteiger partial charge in [-0.2, -0.15) is 0 Å². The van der Waals surface area contributed by atoms with E-state index in [1.165, 1.54) is 161 Å². The second kappa shape index (κ2) is 45.3. The number of amides is 1. The zero-order chi connectivity index (χ0) is 53.2. The first-order valence-electron chi connectivity index (χ1n) is 29.7. The van der Waals surface area contributed by atoms with Crippen molar-refractivity contribution >= 4 is 5.91 Å². The second-order valence-electron chi connectivity index (χ2n) is 21.1. The Bertz CT molecular complexity index is 1370. The van der Waals surface area contributed by atoms with Crippen LogP contribution in [0.2, 0.25) is 0 Å². The molecule has 0 saturated carbocycles. The number of carbonyl (C=O) groups is 1. The molecule has 0 bridgehead atoms. The molecule has 9 N–H and O–H groups in total. The maximum absolute atomic E-state index is 13.2. The molecule has 1 amide bonds. The normalized spacial score (nSPS) is 25.6. The van der Waals surface area contributed by atoms with Gasteiger partial charge in [-0.1, -0.05) is 224 Å². The molecule has 12 atom stereocenters. The summed E-state index contributed by atoms with van der Waals surface area (Å²) >= 11 is 0. The van der Waals surface area contributed by atoms with E-state index in [0.717, 1.165) is 44.9 Å². The number of aliphatic hydroxyl groups excluding tert-OH is 8. The van der Waals surface area contributed by atoms with E-state index in [1.54, 1.807) is 6.08 Å². The predicted octanol–water partition coefficient (Wildman–Crippen LogP) is 9.83. The first-order chi connectivity index (χ1) is 35.6. The number of ether oxygens (including phenoxy) is 4. The zero-order valence-electron chi connectivity index (χ0n) is 45.9. The Hall–Kier alpha value is -1.79. The molecule has 0 radical (unpaired) electrons. The number of hydrogen-bond donors (Lipinski definition) is 9. The van der Waals surface area contributed by atoms with Crippen molar-refractivity contribution in [2.45, 2.75) is 312 Å². The number of aliphatic hydroxyl groups is 8. The molecule has 12 unspecified atom stereocenters. The molecule has 14 nitrogen and oxygen atoms in total. The fourth-order valence-electron chi connectivity index (χ4n) is 9.74. The molecular weight excluding hydrogens is 931 g/mol. The molecule has 14 heteroatoms. The third kappa shape index (κ3) is 31.3. The molecular formula is C59H109NO13. The van der Waals surface area contributed by atoms with Crippen LogP contribution in [0.4, 0.5) is 0 Å². The van der Waals surface area contributed by atoms with Crippen molar-refractivity contribution < 1.29 is 64.6 Å². The van der Waals surface area contributed by atoms with Crippen LogP contribution in [0.15, 0.2) is 36.5 Å². The molecule has 0 spiro atoms. The van der Waals surface area contributed by atoms with E-state index in [-0.39, 0.29) is 18.9 Å². The van der Waals surface area contributed by atoms with E-state index in [9.17, 15) is 45.6 Å².